The summed E-state index contributed by atoms with van der Waals surface area (Å²) in [6, 6.07) is 10.2. The van der Waals surface area contributed by atoms with Gasteiger partial charge in [0.25, 0.3) is 5.91 Å². The molecule has 2 aromatic heterocycles. The summed E-state index contributed by atoms with van der Waals surface area (Å²) in [5, 5.41) is 5.12. The molecule has 1 aromatic carbocycles. The number of carbonyl (C=O) groups excluding carboxylic acids is 1. The molecular weight excluding hydrogens is 372 g/mol. The van der Waals surface area contributed by atoms with Crippen molar-refractivity contribution in [1.82, 2.24) is 9.88 Å². The smallest absolute Gasteiger partial charge is 0.268 e. The van der Waals surface area contributed by atoms with Crippen molar-refractivity contribution in [3.05, 3.63) is 57.0 Å². The maximum absolute atomic E-state index is 12.6. The molecular formula is C18H19BrN2OS. The number of hydrogen-bond donors (Lipinski definition) is 1. The predicted octanol–water partition coefficient (Wildman–Crippen LogP) is 5.11. The second-order valence-corrected chi connectivity index (χ2v) is 7.42. The van der Waals surface area contributed by atoms with E-state index in [2.05, 4.69) is 57.2 Å². The lowest BCUT2D eigenvalue weighted by atomic mass is 10.1. The second kappa shape index (κ2) is 6.89. The maximum Gasteiger partial charge on any atom is 0.268 e. The van der Waals surface area contributed by atoms with Crippen LogP contribution in [0.1, 0.15) is 35.0 Å². The Kier molecular flexibility index (Phi) is 4.87. The Morgan fingerprint density at radius 1 is 1.35 bits per heavy atom. The minimum Gasteiger partial charge on any atom is -0.347 e. The van der Waals surface area contributed by atoms with Crippen LogP contribution in [0.25, 0.3) is 10.2 Å². The number of aryl methyl sites for hydroxylation is 2. The van der Waals surface area contributed by atoms with Crippen LogP contribution >= 0.6 is 27.3 Å². The summed E-state index contributed by atoms with van der Waals surface area (Å²) in [6.07, 6.45) is 0.990. The number of hydrogen-bond acceptors (Lipinski definition) is 2. The van der Waals surface area contributed by atoms with Gasteiger partial charge in [-0.25, -0.2) is 0 Å². The number of fused-ring (bicyclic) bond motifs is 1. The van der Waals surface area contributed by atoms with Gasteiger partial charge in [0.1, 0.15) is 5.69 Å². The molecule has 0 bridgehead atoms. The molecule has 0 fully saturated rings. The number of thiophene rings is 1. The molecule has 1 N–H and O–H groups in total. The molecule has 0 saturated heterocycles. The number of aromatic nitrogens is 1. The Bertz CT molecular complexity index is 850. The highest BCUT2D eigenvalue weighted by atomic mass is 79.9. The lowest BCUT2D eigenvalue weighted by molar-refractivity contribution is 0.0942. The third-order valence-electron chi connectivity index (χ3n) is 3.79. The van der Waals surface area contributed by atoms with Crippen LogP contribution in [0.5, 0.6) is 0 Å². The van der Waals surface area contributed by atoms with E-state index in [1.165, 1.54) is 5.56 Å². The van der Waals surface area contributed by atoms with Crippen LogP contribution in [-0.2, 0) is 13.1 Å². The fourth-order valence-corrected chi connectivity index (χ4v) is 4.46. The highest BCUT2D eigenvalue weighted by Crippen LogP contribution is 2.33. The van der Waals surface area contributed by atoms with Crippen molar-refractivity contribution in [2.75, 3.05) is 0 Å². The molecule has 2 heterocycles. The van der Waals surface area contributed by atoms with Gasteiger partial charge in [-0.2, -0.15) is 0 Å². The zero-order valence-corrected chi connectivity index (χ0v) is 15.6. The van der Waals surface area contributed by atoms with E-state index in [0.29, 0.717) is 6.54 Å². The van der Waals surface area contributed by atoms with Crippen LogP contribution in [0.2, 0.25) is 0 Å². The van der Waals surface area contributed by atoms with Gasteiger partial charge >= 0.3 is 0 Å². The van der Waals surface area contributed by atoms with Gasteiger partial charge in [-0.15, -0.1) is 11.3 Å². The van der Waals surface area contributed by atoms with Crippen LogP contribution in [0, 0.1) is 6.92 Å². The van der Waals surface area contributed by atoms with E-state index >= 15 is 0 Å². The number of carbonyl (C=O) groups is 1. The van der Waals surface area contributed by atoms with Gasteiger partial charge in [0.15, 0.2) is 0 Å². The van der Waals surface area contributed by atoms with Crippen molar-refractivity contribution in [2.45, 2.75) is 33.4 Å². The Morgan fingerprint density at radius 2 is 2.17 bits per heavy atom. The van der Waals surface area contributed by atoms with Crippen molar-refractivity contribution < 1.29 is 4.79 Å². The van der Waals surface area contributed by atoms with E-state index in [4.69, 9.17) is 0 Å². The fraction of sp³-hybridized carbons (Fsp3) is 0.278. The van der Waals surface area contributed by atoms with Gasteiger partial charge < -0.3 is 9.88 Å². The van der Waals surface area contributed by atoms with E-state index in [9.17, 15) is 4.79 Å². The lowest BCUT2D eigenvalue weighted by Gasteiger charge is -2.10. The molecule has 0 saturated carbocycles. The normalized spacial score (nSPS) is 11.1. The van der Waals surface area contributed by atoms with Crippen molar-refractivity contribution in [3.8, 4) is 0 Å². The van der Waals surface area contributed by atoms with Crippen LogP contribution in [-0.4, -0.2) is 10.5 Å². The van der Waals surface area contributed by atoms with Gasteiger partial charge in [0.2, 0.25) is 0 Å². The standard InChI is InChI=1S/C18H19BrN2OS/c1-3-7-21-15(9-16-17(21)14(19)11-23-16)18(22)20-10-13-6-4-5-12(2)8-13/h4-6,8-9,11H,3,7,10H2,1-2H3,(H,20,22). The second-order valence-electron chi connectivity index (χ2n) is 5.65. The molecule has 0 unspecified atom stereocenters. The van der Waals surface area contributed by atoms with Crippen molar-refractivity contribution in [2.24, 2.45) is 0 Å². The molecule has 1 amide bonds. The van der Waals surface area contributed by atoms with Crippen LogP contribution in [0.15, 0.2) is 40.2 Å². The molecule has 0 aliphatic heterocycles. The molecule has 0 atom stereocenters. The third kappa shape index (κ3) is 3.35. The molecule has 0 radical (unpaired) electrons. The summed E-state index contributed by atoms with van der Waals surface area (Å²) < 4.78 is 4.32. The number of nitrogens with one attached hydrogen (secondary N) is 1. The Labute approximate surface area is 148 Å². The number of nitrogens with zero attached hydrogens (tertiary/aromatic N) is 1. The number of benzene rings is 1. The first-order valence-electron chi connectivity index (χ1n) is 7.70. The molecule has 0 spiro atoms. The molecule has 0 aliphatic carbocycles. The quantitative estimate of drug-likeness (QED) is 0.644. The number of halogens is 1. The molecule has 3 rings (SSSR count). The van der Waals surface area contributed by atoms with Crippen molar-refractivity contribution in [3.63, 3.8) is 0 Å². The first-order chi connectivity index (χ1) is 11.1. The summed E-state index contributed by atoms with van der Waals surface area (Å²) in [5.41, 5.74) is 4.19. The van der Waals surface area contributed by atoms with Crippen LogP contribution < -0.4 is 5.32 Å². The van der Waals surface area contributed by atoms with E-state index in [-0.39, 0.29) is 5.91 Å². The maximum atomic E-state index is 12.6. The Hall–Kier alpha value is -1.59. The van der Waals surface area contributed by atoms with Gasteiger partial charge in [0.05, 0.1) is 14.7 Å². The minimum atomic E-state index is -0.0183. The predicted molar refractivity (Wildman–Crippen MR) is 100 cm³/mol. The van der Waals surface area contributed by atoms with Gasteiger partial charge in [-0.05, 0) is 40.9 Å². The first-order valence-corrected chi connectivity index (χ1v) is 9.37. The summed E-state index contributed by atoms with van der Waals surface area (Å²) in [5.74, 6) is -0.0183. The zero-order valence-electron chi connectivity index (χ0n) is 13.2. The minimum absolute atomic E-state index is 0.0183. The molecule has 3 aromatic rings. The molecule has 120 valence electrons. The number of rotatable bonds is 5. The zero-order chi connectivity index (χ0) is 16.4. The molecule has 0 aliphatic rings. The monoisotopic (exact) mass is 390 g/mol. The van der Waals surface area contributed by atoms with Gasteiger partial charge in [0, 0.05) is 18.5 Å². The topological polar surface area (TPSA) is 34.0 Å². The van der Waals surface area contributed by atoms with Crippen molar-refractivity contribution >= 4 is 43.4 Å². The van der Waals surface area contributed by atoms with E-state index < -0.39 is 0 Å². The van der Waals surface area contributed by atoms with Gasteiger partial charge in [-0.3, -0.25) is 4.79 Å². The lowest BCUT2D eigenvalue weighted by Crippen LogP contribution is -2.25. The third-order valence-corrected chi connectivity index (χ3v) is 5.62. The largest absolute Gasteiger partial charge is 0.347 e. The highest BCUT2D eigenvalue weighted by Gasteiger charge is 2.18. The van der Waals surface area contributed by atoms with E-state index in [1.54, 1.807) is 11.3 Å². The molecule has 5 heteroatoms. The highest BCUT2D eigenvalue weighted by molar-refractivity contribution is 9.10. The SMILES string of the molecule is CCCn1c(C(=O)NCc2cccc(C)c2)cc2scc(Br)c21. The van der Waals surface area contributed by atoms with Crippen LogP contribution in [0.4, 0.5) is 0 Å². The van der Waals surface area contributed by atoms with E-state index in [0.717, 1.165) is 38.9 Å². The Balaban J connectivity index is 1.84. The average molecular weight is 391 g/mol. The number of amides is 1. The summed E-state index contributed by atoms with van der Waals surface area (Å²) in [6.45, 7) is 5.57. The summed E-state index contributed by atoms with van der Waals surface area (Å²) in [4.78, 5) is 12.6. The van der Waals surface area contributed by atoms with Crippen LogP contribution in [0.3, 0.4) is 0 Å². The van der Waals surface area contributed by atoms with Gasteiger partial charge in [-0.1, -0.05) is 36.8 Å². The average Bonchev–Trinajstić information content (AvgIpc) is 3.06. The van der Waals surface area contributed by atoms with E-state index in [1.807, 2.05) is 18.2 Å². The Morgan fingerprint density at radius 3 is 2.91 bits per heavy atom. The first kappa shape index (κ1) is 16.3. The fourth-order valence-electron chi connectivity index (χ4n) is 2.77. The summed E-state index contributed by atoms with van der Waals surface area (Å²) in [7, 11) is 0. The summed E-state index contributed by atoms with van der Waals surface area (Å²) >= 11 is 5.25. The van der Waals surface area contributed by atoms with Crippen molar-refractivity contribution in [1.29, 1.82) is 0 Å². The molecule has 23 heavy (non-hydrogen) atoms. The molecule has 3 nitrogen and oxygen atoms in total.